The van der Waals surface area contributed by atoms with Gasteiger partial charge in [0, 0.05) is 12.8 Å². The number of imide groups is 1. The molecule has 1 rings (SSSR count). The van der Waals surface area contributed by atoms with Crippen molar-refractivity contribution in [3.05, 3.63) is 0 Å². The maximum absolute atomic E-state index is 10.1. The number of hydrogen-bond donors (Lipinski definition) is 1. The molecule has 0 unspecified atom stereocenters. The fourth-order valence-electron chi connectivity index (χ4n) is 0.508. The molecule has 3 nitrogen and oxygen atoms in total. The molecular weight excluding hydrogens is 222 g/mol. The second-order valence-corrected chi connectivity index (χ2v) is 1.47. The van der Waals surface area contributed by atoms with E-state index in [1.165, 1.54) is 18.0 Å². The van der Waals surface area contributed by atoms with Gasteiger partial charge in [-0.25, -0.2) is 0 Å². The summed E-state index contributed by atoms with van der Waals surface area (Å²) < 4.78 is 0. The number of carbonyl (C=O) groups is 2. The minimum absolute atomic E-state index is 0.148. The predicted octanol–water partition coefficient (Wildman–Crippen LogP) is 0.0687. The van der Waals surface area contributed by atoms with Crippen molar-refractivity contribution >= 4 is 21.6 Å². The van der Waals surface area contributed by atoms with E-state index in [9.17, 15) is 9.59 Å². The molecule has 0 spiro atoms. The molecule has 1 aliphatic heterocycles. The van der Waals surface area contributed by atoms with Crippen molar-refractivity contribution in [1.29, 1.82) is 0 Å². The second kappa shape index (κ2) is 4.88. The van der Waals surface area contributed by atoms with Crippen LogP contribution in [0.2, 0.25) is 0 Å². The number of hydrogen-bond acceptors (Lipinski definition) is 3. The third-order valence-corrected chi connectivity index (χ3v) is 0.858. The zero-order valence-electron chi connectivity index (χ0n) is 4.55. The van der Waals surface area contributed by atoms with E-state index in [4.69, 9.17) is 0 Å². The van der Waals surface area contributed by atoms with Gasteiger partial charge in [0.25, 0.3) is 0 Å². The van der Waals surface area contributed by atoms with E-state index in [1.807, 2.05) is 0 Å². The molecule has 1 heterocycles. The Bertz CT molecular complexity index is 125. The molecule has 0 bridgehead atoms. The van der Waals surface area contributed by atoms with Gasteiger partial charge < -0.3 is 0 Å². The minimum atomic E-state index is -0.148. The number of amides is 2. The molecule has 5 heteroatoms. The zero-order chi connectivity index (χ0) is 7.28. The standard InChI is InChI=1S/C4H5NO2.Mo.S/c6-3-1-2-4(7)5-3;;/h1-2H2,(H,5,6,7);;. The molecule has 2 amide bonds. The molecule has 0 radical (unpaired) electrons. The summed E-state index contributed by atoms with van der Waals surface area (Å²) in [6, 6.07) is 0. The van der Waals surface area contributed by atoms with E-state index >= 15 is 0 Å². The van der Waals surface area contributed by atoms with Crippen LogP contribution < -0.4 is 5.32 Å². The molecule has 1 saturated heterocycles. The molecule has 50 valence electrons. The Kier molecular flexibility index (Phi) is 4.91. The predicted molar refractivity (Wildman–Crippen MR) is 30.0 cm³/mol. The molecule has 0 saturated carbocycles. The van der Waals surface area contributed by atoms with Crippen molar-refractivity contribution in [2.24, 2.45) is 0 Å². The zero-order valence-corrected chi connectivity index (χ0v) is 7.37. The van der Waals surface area contributed by atoms with Gasteiger partial charge in [-0.3, -0.25) is 14.9 Å². The fraction of sp³-hybridized carbons (Fsp3) is 0.500. The van der Waals surface area contributed by atoms with Gasteiger partial charge in [0.1, 0.15) is 0 Å². The molecule has 9 heavy (non-hydrogen) atoms. The Balaban J connectivity index is 0.000000291. The SMILES string of the molecule is O=C1CCC(=O)N1.[S]=[Mo]. The van der Waals surface area contributed by atoms with Crippen LogP contribution in [0.3, 0.4) is 0 Å². The van der Waals surface area contributed by atoms with Gasteiger partial charge in [-0.1, -0.05) is 0 Å². The number of nitrogens with one attached hydrogen (secondary N) is 1. The van der Waals surface area contributed by atoms with Crippen LogP contribution in [0.25, 0.3) is 0 Å². The first-order valence-electron chi connectivity index (χ1n) is 2.28. The van der Waals surface area contributed by atoms with Gasteiger partial charge >= 0.3 is 27.8 Å². The Hall–Kier alpha value is 0.0483. The first-order valence-corrected chi connectivity index (χ1v) is 5.07. The summed E-state index contributed by atoms with van der Waals surface area (Å²) in [5, 5.41) is 2.14. The van der Waals surface area contributed by atoms with Crippen LogP contribution in [-0.2, 0) is 27.6 Å². The van der Waals surface area contributed by atoms with Gasteiger partial charge in [-0.15, -0.1) is 0 Å². The van der Waals surface area contributed by atoms with Crippen LogP contribution in [0, 0.1) is 0 Å². The van der Waals surface area contributed by atoms with E-state index in [2.05, 4.69) is 15.1 Å². The van der Waals surface area contributed by atoms with Crippen LogP contribution in [0.1, 0.15) is 12.8 Å². The van der Waals surface area contributed by atoms with Crippen LogP contribution in [0.15, 0.2) is 0 Å². The third kappa shape index (κ3) is 3.60. The summed E-state index contributed by atoms with van der Waals surface area (Å²) in [4.78, 5) is 20.2. The van der Waals surface area contributed by atoms with Gasteiger partial charge in [0.2, 0.25) is 11.8 Å². The maximum atomic E-state index is 10.1. The van der Waals surface area contributed by atoms with Crippen LogP contribution in [0.5, 0.6) is 0 Å². The summed E-state index contributed by atoms with van der Waals surface area (Å²) >= 11 is 1.53. The van der Waals surface area contributed by atoms with Crippen LogP contribution in [0.4, 0.5) is 0 Å². The number of carbonyl (C=O) groups excluding carboxylic acids is 2. The van der Waals surface area contributed by atoms with Gasteiger partial charge in [0.05, 0.1) is 0 Å². The molecular formula is C4H5MoNO2S. The van der Waals surface area contributed by atoms with Crippen molar-refractivity contribution in [2.45, 2.75) is 12.8 Å². The molecule has 0 aromatic heterocycles. The number of rotatable bonds is 0. The van der Waals surface area contributed by atoms with E-state index in [-0.39, 0.29) is 11.8 Å². The quantitative estimate of drug-likeness (QED) is 0.470. The van der Waals surface area contributed by atoms with Crippen LogP contribution in [-0.4, -0.2) is 11.8 Å². The topological polar surface area (TPSA) is 46.2 Å². The molecule has 0 atom stereocenters. The first-order chi connectivity index (χ1) is 4.29. The van der Waals surface area contributed by atoms with Gasteiger partial charge in [-0.2, -0.15) is 0 Å². The van der Waals surface area contributed by atoms with Gasteiger partial charge in [-0.05, 0) is 0 Å². The molecule has 1 aliphatic rings. The normalized spacial score (nSPS) is 16.0. The van der Waals surface area contributed by atoms with E-state index in [0.717, 1.165) is 0 Å². The summed E-state index contributed by atoms with van der Waals surface area (Å²) in [5.74, 6) is -0.296. The van der Waals surface area contributed by atoms with E-state index in [0.29, 0.717) is 12.8 Å². The van der Waals surface area contributed by atoms with Crippen molar-refractivity contribution < 1.29 is 27.6 Å². The average molecular weight is 227 g/mol. The fourth-order valence-corrected chi connectivity index (χ4v) is 0.508. The van der Waals surface area contributed by atoms with Crippen molar-refractivity contribution in [1.82, 2.24) is 5.32 Å². The molecule has 0 aromatic carbocycles. The summed E-state index contributed by atoms with van der Waals surface area (Å²) in [7, 11) is 4.09. The second-order valence-electron chi connectivity index (χ2n) is 1.47. The van der Waals surface area contributed by atoms with Crippen molar-refractivity contribution in [3.63, 3.8) is 0 Å². The Morgan fingerprint density at radius 1 is 1.22 bits per heavy atom. The van der Waals surface area contributed by atoms with Gasteiger partial charge in [0.15, 0.2) is 0 Å². The van der Waals surface area contributed by atoms with Crippen LogP contribution >= 0.6 is 9.82 Å². The van der Waals surface area contributed by atoms with Crippen molar-refractivity contribution in [2.75, 3.05) is 0 Å². The third-order valence-electron chi connectivity index (χ3n) is 0.858. The monoisotopic (exact) mass is 229 g/mol. The Labute approximate surface area is 67.5 Å². The molecule has 1 N–H and O–H groups in total. The molecule has 0 aromatic rings. The van der Waals surface area contributed by atoms with E-state index < -0.39 is 0 Å². The summed E-state index contributed by atoms with van der Waals surface area (Å²) in [6.45, 7) is 0. The molecule has 0 aliphatic carbocycles. The summed E-state index contributed by atoms with van der Waals surface area (Å²) in [6.07, 6.45) is 0.748. The molecule has 1 fully saturated rings. The Morgan fingerprint density at radius 3 is 1.67 bits per heavy atom. The van der Waals surface area contributed by atoms with Crippen molar-refractivity contribution in [3.8, 4) is 0 Å². The van der Waals surface area contributed by atoms with E-state index in [1.54, 1.807) is 0 Å². The Morgan fingerprint density at radius 2 is 1.56 bits per heavy atom. The average Bonchev–Trinajstić information content (AvgIpc) is 2.20. The summed E-state index contributed by atoms with van der Waals surface area (Å²) in [5.41, 5.74) is 0. The first kappa shape index (κ1) is 9.05.